The predicted octanol–water partition coefficient (Wildman–Crippen LogP) is 2.75. The molecule has 7 nitrogen and oxygen atoms in total. The van der Waals surface area contributed by atoms with Crippen LogP contribution in [0.1, 0.15) is 28.4 Å². The number of aromatic hydroxyl groups is 3. The first-order chi connectivity index (χ1) is 11.6. The summed E-state index contributed by atoms with van der Waals surface area (Å²) in [4.78, 5) is 12.5. The number of ketones is 1. The van der Waals surface area contributed by atoms with E-state index in [1.165, 1.54) is 24.7 Å². The van der Waals surface area contributed by atoms with Gasteiger partial charge in [-0.15, -0.1) is 0 Å². The van der Waals surface area contributed by atoms with Gasteiger partial charge in [-0.3, -0.25) is 4.79 Å². The second-order valence-corrected chi connectivity index (χ2v) is 5.39. The molecular formula is C17H12O7. The minimum Gasteiger partial charge on any atom is -0.508 e. The van der Waals surface area contributed by atoms with Crippen molar-refractivity contribution in [3.63, 3.8) is 0 Å². The van der Waals surface area contributed by atoms with Crippen molar-refractivity contribution >= 4 is 5.78 Å². The number of ether oxygens (including phenoxy) is 3. The monoisotopic (exact) mass is 328 g/mol. The fraction of sp³-hybridized carbons (Fsp3) is 0.118. The molecule has 2 aliphatic heterocycles. The zero-order chi connectivity index (χ0) is 16.8. The van der Waals surface area contributed by atoms with Crippen molar-refractivity contribution in [2.75, 3.05) is 0 Å². The molecule has 2 aromatic rings. The molecule has 4 rings (SSSR count). The van der Waals surface area contributed by atoms with Crippen molar-refractivity contribution in [1.82, 2.24) is 0 Å². The van der Waals surface area contributed by atoms with E-state index in [0.29, 0.717) is 5.56 Å². The van der Waals surface area contributed by atoms with Gasteiger partial charge in [0.2, 0.25) is 17.2 Å². The third-order valence-corrected chi connectivity index (χ3v) is 3.92. The third-order valence-electron chi connectivity index (χ3n) is 3.92. The molecule has 7 heteroatoms. The van der Waals surface area contributed by atoms with Crippen LogP contribution < -0.4 is 14.2 Å². The van der Waals surface area contributed by atoms with Crippen molar-refractivity contribution < 1.29 is 34.3 Å². The van der Waals surface area contributed by atoms with Crippen molar-refractivity contribution in [3.8, 4) is 34.5 Å². The number of hydrogen-bond donors (Lipinski definition) is 3. The molecule has 0 saturated heterocycles. The maximum atomic E-state index is 12.5. The topological polar surface area (TPSA) is 105 Å². The Bertz CT molecular complexity index is 868. The third kappa shape index (κ3) is 2.02. The van der Waals surface area contributed by atoms with Gasteiger partial charge in [-0.25, -0.2) is 0 Å². The molecule has 2 aliphatic rings. The molecule has 0 aliphatic carbocycles. The van der Waals surface area contributed by atoms with Crippen molar-refractivity contribution in [2.24, 2.45) is 0 Å². The van der Waals surface area contributed by atoms with Gasteiger partial charge in [0.05, 0.1) is 6.42 Å². The molecule has 2 heterocycles. The molecule has 1 unspecified atom stereocenters. The highest BCUT2D eigenvalue weighted by atomic mass is 16.6. The molecule has 2 aromatic carbocycles. The molecule has 0 spiro atoms. The van der Waals surface area contributed by atoms with Gasteiger partial charge in [0.25, 0.3) is 0 Å². The Balaban J connectivity index is 1.82. The molecule has 0 radical (unpaired) electrons. The van der Waals surface area contributed by atoms with Gasteiger partial charge < -0.3 is 29.5 Å². The number of phenols is 3. The maximum absolute atomic E-state index is 12.5. The average Bonchev–Trinajstić information content (AvgIpc) is 2.60. The Morgan fingerprint density at radius 3 is 2.17 bits per heavy atom. The van der Waals surface area contributed by atoms with Gasteiger partial charge in [-0.2, -0.15) is 0 Å². The fourth-order valence-electron chi connectivity index (χ4n) is 2.77. The zero-order valence-electron chi connectivity index (χ0n) is 12.2. The van der Waals surface area contributed by atoms with E-state index in [1.54, 1.807) is 12.1 Å². The Morgan fingerprint density at radius 2 is 1.50 bits per heavy atom. The smallest absolute Gasteiger partial charge is 0.218 e. The minimum absolute atomic E-state index is 0.0275. The first-order valence-corrected chi connectivity index (χ1v) is 7.15. The SMILES string of the molecule is O=C1CC(c2ccc(O)cc2)Oc2c(O)c3c(c(O)c21)OC=CO3. The van der Waals surface area contributed by atoms with Crippen LogP contribution in [0, 0.1) is 0 Å². The summed E-state index contributed by atoms with van der Waals surface area (Å²) in [6, 6.07) is 6.20. The summed E-state index contributed by atoms with van der Waals surface area (Å²) < 4.78 is 16.0. The first-order valence-electron chi connectivity index (χ1n) is 7.15. The zero-order valence-corrected chi connectivity index (χ0v) is 12.2. The van der Waals surface area contributed by atoms with Gasteiger partial charge >= 0.3 is 0 Å². The molecule has 0 fully saturated rings. The summed E-state index contributed by atoms with van der Waals surface area (Å²) in [5, 5.41) is 30.0. The quantitative estimate of drug-likeness (QED) is 0.691. The lowest BCUT2D eigenvalue weighted by Gasteiger charge is -2.28. The van der Waals surface area contributed by atoms with Crippen molar-refractivity contribution in [3.05, 3.63) is 47.9 Å². The van der Waals surface area contributed by atoms with Gasteiger partial charge in [-0.1, -0.05) is 12.1 Å². The number of Topliss-reactive ketones (excluding diaryl/α,β-unsaturated/α-hetero) is 1. The van der Waals surface area contributed by atoms with E-state index in [9.17, 15) is 20.1 Å². The number of phenolic OH excluding ortho intramolecular Hbond substituents is 3. The lowest BCUT2D eigenvalue weighted by molar-refractivity contribution is 0.0834. The van der Waals surface area contributed by atoms with Crippen LogP contribution in [0.3, 0.4) is 0 Å². The Kier molecular flexibility index (Phi) is 3.02. The van der Waals surface area contributed by atoms with Crippen molar-refractivity contribution in [1.29, 1.82) is 0 Å². The summed E-state index contributed by atoms with van der Waals surface area (Å²) in [5.74, 6) is -1.56. The van der Waals surface area contributed by atoms with E-state index < -0.39 is 23.4 Å². The van der Waals surface area contributed by atoms with E-state index in [-0.39, 0.29) is 35.0 Å². The normalized spacial score (nSPS) is 18.0. The average molecular weight is 328 g/mol. The Morgan fingerprint density at radius 1 is 0.875 bits per heavy atom. The largest absolute Gasteiger partial charge is 0.508 e. The molecule has 0 bridgehead atoms. The fourth-order valence-corrected chi connectivity index (χ4v) is 2.77. The number of carbonyl (C=O) groups is 1. The number of hydrogen-bond acceptors (Lipinski definition) is 7. The lowest BCUT2D eigenvalue weighted by atomic mass is 9.94. The van der Waals surface area contributed by atoms with Gasteiger partial charge in [0, 0.05) is 0 Å². The van der Waals surface area contributed by atoms with Crippen molar-refractivity contribution in [2.45, 2.75) is 12.5 Å². The first kappa shape index (κ1) is 14.3. The second kappa shape index (κ2) is 5.09. The highest BCUT2D eigenvalue weighted by molar-refractivity contribution is 6.05. The lowest BCUT2D eigenvalue weighted by Crippen LogP contribution is -2.21. The molecular weight excluding hydrogens is 316 g/mol. The van der Waals surface area contributed by atoms with E-state index in [0.717, 1.165) is 0 Å². The van der Waals surface area contributed by atoms with E-state index in [2.05, 4.69) is 0 Å². The van der Waals surface area contributed by atoms with Crippen LogP contribution in [0.2, 0.25) is 0 Å². The summed E-state index contributed by atoms with van der Waals surface area (Å²) in [7, 11) is 0. The highest BCUT2D eigenvalue weighted by Gasteiger charge is 2.37. The maximum Gasteiger partial charge on any atom is 0.218 e. The highest BCUT2D eigenvalue weighted by Crippen LogP contribution is 2.56. The summed E-state index contributed by atoms with van der Waals surface area (Å²) in [5.41, 5.74) is 0.514. The molecule has 3 N–H and O–H groups in total. The molecule has 0 aromatic heterocycles. The summed E-state index contributed by atoms with van der Waals surface area (Å²) in [6.07, 6.45) is 1.69. The van der Waals surface area contributed by atoms with Gasteiger partial charge in [0.1, 0.15) is 29.9 Å². The number of fused-ring (bicyclic) bond motifs is 2. The molecule has 122 valence electrons. The van der Waals surface area contributed by atoms with Gasteiger partial charge in [0.15, 0.2) is 17.3 Å². The van der Waals surface area contributed by atoms with Crippen LogP contribution in [-0.4, -0.2) is 21.1 Å². The number of rotatable bonds is 1. The number of benzene rings is 2. The number of carbonyl (C=O) groups excluding carboxylic acids is 1. The van der Waals surface area contributed by atoms with Crippen LogP contribution in [0.4, 0.5) is 0 Å². The van der Waals surface area contributed by atoms with Crippen LogP contribution in [0.15, 0.2) is 36.8 Å². The second-order valence-electron chi connectivity index (χ2n) is 5.39. The van der Waals surface area contributed by atoms with Crippen LogP contribution >= 0.6 is 0 Å². The van der Waals surface area contributed by atoms with Crippen LogP contribution in [0.5, 0.6) is 34.5 Å². The molecule has 24 heavy (non-hydrogen) atoms. The summed E-state index contributed by atoms with van der Waals surface area (Å²) in [6.45, 7) is 0. The predicted molar refractivity (Wildman–Crippen MR) is 80.6 cm³/mol. The van der Waals surface area contributed by atoms with E-state index >= 15 is 0 Å². The Labute approximate surface area is 135 Å². The molecule has 0 saturated carbocycles. The molecule has 0 amide bonds. The summed E-state index contributed by atoms with van der Waals surface area (Å²) >= 11 is 0. The Hall–Kier alpha value is -3.35. The van der Waals surface area contributed by atoms with Crippen LogP contribution in [-0.2, 0) is 0 Å². The van der Waals surface area contributed by atoms with E-state index in [4.69, 9.17) is 14.2 Å². The standard InChI is InChI=1S/C17H12O7/c18-9-3-1-8(2-4-9)11-7-10(19)12-13(20)16-17(23-6-5-22-16)14(21)15(12)24-11/h1-6,11,18,20-21H,7H2. The van der Waals surface area contributed by atoms with Gasteiger partial charge in [-0.05, 0) is 17.7 Å². The minimum atomic E-state index is -0.658. The van der Waals surface area contributed by atoms with Crippen LogP contribution in [0.25, 0.3) is 0 Å². The molecule has 1 atom stereocenters. The van der Waals surface area contributed by atoms with E-state index in [1.807, 2.05) is 0 Å².